The first-order valence-corrected chi connectivity index (χ1v) is 23.6. The zero-order chi connectivity index (χ0) is 48.3. The maximum absolute atomic E-state index is 13.2. The van der Waals surface area contributed by atoms with Crippen molar-refractivity contribution in [3.8, 4) is 0 Å². The first-order valence-electron chi connectivity index (χ1n) is 23.6. The Hall–Kier alpha value is -2.39. The maximum Gasteiger partial charge on any atom is 0.308 e. The van der Waals surface area contributed by atoms with Crippen LogP contribution >= 0.6 is 0 Å². The first-order chi connectivity index (χ1) is 30.6. The average Bonchev–Trinajstić information content (AvgIpc) is 3.19. The van der Waals surface area contributed by atoms with Gasteiger partial charge in [0, 0.05) is 38.8 Å². The van der Waals surface area contributed by atoms with E-state index in [1.807, 2.05) is 66.1 Å². The highest BCUT2D eigenvalue weighted by atomic mass is 16.7. The van der Waals surface area contributed by atoms with E-state index < -0.39 is 116 Å². The second-order valence-electron chi connectivity index (χ2n) is 19.9. The number of methoxy groups -OCH3 is 1. The van der Waals surface area contributed by atoms with E-state index in [-0.39, 0.29) is 43.2 Å². The molecule has 3 N–H and O–H groups in total. The molecule has 4 heterocycles. The lowest BCUT2D eigenvalue weighted by Gasteiger charge is -2.50. The van der Waals surface area contributed by atoms with Crippen LogP contribution in [-0.2, 0) is 57.0 Å². The van der Waals surface area contributed by atoms with Crippen LogP contribution in [0.25, 0.3) is 0 Å². The molecule has 374 valence electrons. The Labute approximate surface area is 387 Å². The summed E-state index contributed by atoms with van der Waals surface area (Å²) in [5.41, 5.74) is -1.49. The number of aliphatic hydroxyl groups is 3. The van der Waals surface area contributed by atoms with Gasteiger partial charge in [-0.15, -0.1) is 0 Å². The van der Waals surface area contributed by atoms with Gasteiger partial charge in [-0.1, -0.05) is 45.1 Å². The van der Waals surface area contributed by atoms with Gasteiger partial charge in [-0.25, -0.2) is 0 Å². The van der Waals surface area contributed by atoms with Crippen molar-refractivity contribution in [2.75, 3.05) is 35.3 Å². The Morgan fingerprint density at radius 1 is 0.908 bits per heavy atom. The van der Waals surface area contributed by atoms with Crippen molar-refractivity contribution in [2.45, 2.75) is 210 Å². The number of hydrogen-bond acceptors (Lipinski definition) is 17. The second-order valence-corrected chi connectivity index (χ2v) is 19.9. The van der Waals surface area contributed by atoms with Crippen molar-refractivity contribution in [1.82, 2.24) is 9.80 Å². The molecule has 3 fully saturated rings. The fourth-order valence-corrected chi connectivity index (χ4v) is 9.84. The summed E-state index contributed by atoms with van der Waals surface area (Å²) in [7, 11) is 9.03. The van der Waals surface area contributed by atoms with Crippen molar-refractivity contribution in [1.29, 1.82) is 0 Å². The third-order valence-corrected chi connectivity index (χ3v) is 13.2. The average molecular weight is 927 g/mol. The Balaban J connectivity index is 1.63. The number of esters is 2. The molecule has 0 aromatic rings. The smallest absolute Gasteiger partial charge is 0.308 e. The van der Waals surface area contributed by atoms with E-state index in [1.54, 1.807) is 46.7 Å². The second kappa shape index (κ2) is 25.3. The van der Waals surface area contributed by atoms with Crippen molar-refractivity contribution < 1.29 is 72.3 Å². The summed E-state index contributed by atoms with van der Waals surface area (Å²) < 4.78 is 56.3. The van der Waals surface area contributed by atoms with Gasteiger partial charge >= 0.3 is 11.9 Å². The monoisotopic (exact) mass is 927 g/mol. The van der Waals surface area contributed by atoms with E-state index in [1.165, 1.54) is 7.11 Å². The van der Waals surface area contributed by atoms with Crippen LogP contribution in [-0.4, -0.2) is 182 Å². The SMILES string of the molecule is CO[C@@H]1[C@H](O[C@@H]2O[C@H](C)[C@@H](O[C@H]3C[C@@](C)(O)[C@@H](OC(=O)CC(C)C)[C@H](C)O3)[C@H](N(C)C)[C@H]2O)[C@H](CC=O)C[C@@H](C)[C@@H](O[C@H]2CC[C@H](N(C)C)[C@@H](C)O2)/C=C/C=C/C[C@@H](C)OC(=O)C[C@H]1O. The molecule has 19 atom stereocenters. The summed E-state index contributed by atoms with van der Waals surface area (Å²) in [6.07, 6.45) is -1.52. The van der Waals surface area contributed by atoms with E-state index in [4.69, 9.17) is 42.6 Å². The first kappa shape index (κ1) is 55.2. The minimum absolute atomic E-state index is 0.0208. The minimum atomic E-state index is -1.49. The Morgan fingerprint density at radius 2 is 1.60 bits per heavy atom. The zero-order valence-electron chi connectivity index (χ0n) is 41.1. The van der Waals surface area contributed by atoms with Gasteiger partial charge in [-0.3, -0.25) is 9.59 Å². The van der Waals surface area contributed by atoms with Gasteiger partial charge in [0.25, 0.3) is 0 Å². The molecule has 0 aliphatic carbocycles. The van der Waals surface area contributed by atoms with Crippen LogP contribution in [0.5, 0.6) is 0 Å². The van der Waals surface area contributed by atoms with Gasteiger partial charge in [0.2, 0.25) is 0 Å². The third-order valence-electron chi connectivity index (χ3n) is 13.2. The molecule has 17 heteroatoms. The number of aliphatic hydroxyl groups excluding tert-OH is 2. The molecule has 0 aromatic carbocycles. The lowest BCUT2D eigenvalue weighted by atomic mass is 9.82. The summed E-state index contributed by atoms with van der Waals surface area (Å²) in [5.74, 6) is -1.85. The summed E-state index contributed by atoms with van der Waals surface area (Å²) in [4.78, 5) is 42.3. The number of ether oxygens (including phenoxy) is 9. The Morgan fingerprint density at radius 3 is 2.20 bits per heavy atom. The Kier molecular flexibility index (Phi) is 21.5. The summed E-state index contributed by atoms with van der Waals surface area (Å²) in [6.45, 7) is 14.7. The van der Waals surface area contributed by atoms with E-state index in [2.05, 4.69) is 4.90 Å². The molecule has 4 aliphatic heterocycles. The molecule has 0 unspecified atom stereocenters. The topological polar surface area (TPSA) is 201 Å². The van der Waals surface area contributed by atoms with E-state index in [9.17, 15) is 29.7 Å². The molecular formula is C48H82N2O15. The number of aldehydes is 1. The van der Waals surface area contributed by atoms with Gasteiger partial charge in [0.05, 0.1) is 49.1 Å². The van der Waals surface area contributed by atoms with Crippen LogP contribution in [0.1, 0.15) is 107 Å². The molecule has 0 spiro atoms. The molecular weight excluding hydrogens is 845 g/mol. The fraction of sp³-hybridized carbons (Fsp3) is 0.854. The molecule has 0 saturated carbocycles. The van der Waals surface area contributed by atoms with Crippen LogP contribution in [0, 0.1) is 17.8 Å². The van der Waals surface area contributed by atoms with Crippen molar-refractivity contribution >= 4 is 18.2 Å². The van der Waals surface area contributed by atoms with E-state index in [0.29, 0.717) is 19.3 Å². The highest BCUT2D eigenvalue weighted by Crippen LogP contribution is 2.38. The lowest BCUT2D eigenvalue weighted by Crippen LogP contribution is -2.66. The fourth-order valence-electron chi connectivity index (χ4n) is 9.84. The molecule has 65 heavy (non-hydrogen) atoms. The molecule has 0 aromatic heterocycles. The number of hydrogen-bond donors (Lipinski definition) is 3. The highest BCUT2D eigenvalue weighted by molar-refractivity contribution is 5.70. The number of carbonyl (C=O) groups excluding carboxylic acids is 3. The van der Waals surface area contributed by atoms with Gasteiger partial charge in [0.15, 0.2) is 25.0 Å². The van der Waals surface area contributed by atoms with Gasteiger partial charge in [0.1, 0.15) is 36.3 Å². The van der Waals surface area contributed by atoms with Crippen molar-refractivity contribution in [3.63, 3.8) is 0 Å². The molecule has 0 bridgehead atoms. The molecule has 0 amide bonds. The molecule has 17 nitrogen and oxygen atoms in total. The van der Waals surface area contributed by atoms with Crippen molar-refractivity contribution in [3.05, 3.63) is 24.3 Å². The summed E-state index contributed by atoms with van der Waals surface area (Å²) in [6, 6.07) is -0.506. The van der Waals surface area contributed by atoms with Crippen LogP contribution in [0.2, 0.25) is 0 Å². The molecule has 4 rings (SSSR count). The normalized spacial score (nSPS) is 42.7. The number of cyclic esters (lactones) is 1. The van der Waals surface area contributed by atoms with Crippen LogP contribution < -0.4 is 0 Å². The quantitative estimate of drug-likeness (QED) is 0.167. The standard InChI is InChI=1S/C48H82N2O15/c1-27(2)23-37(53)63-46-32(7)60-40(26-48(46,8)56)64-43-31(6)61-47(42(55)41(43)50(11)12)65-44-33(21-22-51)24-28(3)36(62-39-20-19-34(49(9)10)30(5)59-39)18-16-14-15-17-29(4)58-38(54)25-35(52)45(44)57-13/h14-16,18,22,27-36,39-47,52,55-56H,17,19-21,23-26H2,1-13H3/b15-14+,18-16+/t28-,29-,30-,31-,32+,33-,34+,35-,36+,39+,40+,41-,42-,43-,44-,45+,46+,47+,48-/m1/s1. The zero-order valence-corrected chi connectivity index (χ0v) is 41.1. The lowest BCUT2D eigenvalue weighted by molar-refractivity contribution is -0.344. The van der Waals surface area contributed by atoms with Crippen molar-refractivity contribution in [2.24, 2.45) is 17.8 Å². The molecule has 4 aliphatic rings. The number of allylic oxidation sites excluding steroid dienone is 2. The third kappa shape index (κ3) is 15.6. The predicted molar refractivity (Wildman–Crippen MR) is 240 cm³/mol. The Bertz CT molecular complexity index is 1540. The molecule has 0 radical (unpaired) electrons. The predicted octanol–water partition coefficient (Wildman–Crippen LogP) is 3.92. The largest absolute Gasteiger partial charge is 0.462 e. The van der Waals surface area contributed by atoms with Crippen LogP contribution in [0.15, 0.2) is 24.3 Å². The molecule has 3 saturated heterocycles. The van der Waals surface area contributed by atoms with Gasteiger partial charge in [-0.2, -0.15) is 0 Å². The number of nitrogens with zero attached hydrogens (tertiary/aromatic N) is 2. The van der Waals surface area contributed by atoms with Gasteiger partial charge < -0.3 is 72.5 Å². The number of likely N-dealkylation sites (N-methyl/N-ethyl adjacent to an activating group) is 2. The van der Waals surface area contributed by atoms with E-state index in [0.717, 1.165) is 12.7 Å². The summed E-state index contributed by atoms with van der Waals surface area (Å²) >= 11 is 0. The number of rotatable bonds is 14. The van der Waals surface area contributed by atoms with Crippen LogP contribution in [0.3, 0.4) is 0 Å². The van der Waals surface area contributed by atoms with E-state index >= 15 is 0 Å². The van der Waals surface area contributed by atoms with Crippen LogP contribution in [0.4, 0.5) is 0 Å². The minimum Gasteiger partial charge on any atom is -0.462 e. The van der Waals surface area contributed by atoms with Gasteiger partial charge in [-0.05, 0) is 99.8 Å². The highest BCUT2D eigenvalue weighted by Gasteiger charge is 2.53. The summed E-state index contributed by atoms with van der Waals surface area (Å²) in [5, 5.41) is 35.5. The maximum atomic E-state index is 13.2. The number of carbonyl (C=O) groups is 3.